The number of thiazole rings is 1. The van der Waals surface area contributed by atoms with Gasteiger partial charge in [-0.1, -0.05) is 37.7 Å². The van der Waals surface area contributed by atoms with E-state index >= 15 is 0 Å². The first kappa shape index (κ1) is 16.0. The summed E-state index contributed by atoms with van der Waals surface area (Å²) in [5.41, 5.74) is 3.11. The average molecular weight is 320 g/mol. The highest BCUT2D eigenvalue weighted by Crippen LogP contribution is 2.27. The van der Waals surface area contributed by atoms with Gasteiger partial charge in [-0.25, -0.2) is 4.98 Å². The molecule has 0 aliphatic heterocycles. The maximum Gasteiger partial charge on any atom is 0.237 e. The Balaban J connectivity index is 1.93. The topological polar surface area (TPSA) is 42.0 Å². The monoisotopic (exact) mass is 320 g/mol. The molecule has 0 fully saturated rings. The van der Waals surface area contributed by atoms with Crippen LogP contribution in [0.25, 0.3) is 0 Å². The summed E-state index contributed by atoms with van der Waals surface area (Å²) in [7, 11) is 0. The lowest BCUT2D eigenvalue weighted by molar-refractivity contribution is -0.115. The largest absolute Gasteiger partial charge is 0.325 e. The number of hydrogen-bond donors (Lipinski definition) is 1. The molecule has 21 heavy (non-hydrogen) atoms. The molecule has 0 unspecified atom stereocenters. The molecular formula is C16H20N2OS2. The third-order valence-corrected chi connectivity index (χ3v) is 5.28. The van der Waals surface area contributed by atoms with Crippen LogP contribution in [0.15, 0.2) is 34.0 Å². The molecule has 2 aromatic rings. The Hall–Kier alpha value is -1.33. The molecular weight excluding hydrogens is 300 g/mol. The van der Waals surface area contributed by atoms with Gasteiger partial charge < -0.3 is 5.32 Å². The number of amides is 1. The van der Waals surface area contributed by atoms with Crippen LogP contribution in [0.1, 0.15) is 37.9 Å². The van der Waals surface area contributed by atoms with Crippen LogP contribution in [0.4, 0.5) is 5.69 Å². The summed E-state index contributed by atoms with van der Waals surface area (Å²) < 4.78 is 0.935. The number of hydrogen-bond acceptors (Lipinski definition) is 4. The van der Waals surface area contributed by atoms with Crippen LogP contribution in [0.5, 0.6) is 0 Å². The molecule has 0 saturated heterocycles. The van der Waals surface area contributed by atoms with E-state index in [0.29, 0.717) is 5.92 Å². The number of carbonyl (C=O) groups excluding carboxylic acids is 1. The Kier molecular flexibility index (Phi) is 5.42. The third kappa shape index (κ3) is 4.58. The number of nitrogens with zero attached hydrogens (tertiary/aromatic N) is 1. The third-order valence-electron chi connectivity index (χ3n) is 3.09. The van der Waals surface area contributed by atoms with E-state index in [-0.39, 0.29) is 11.2 Å². The summed E-state index contributed by atoms with van der Waals surface area (Å²) >= 11 is 3.07. The van der Waals surface area contributed by atoms with Crippen LogP contribution in [0, 0.1) is 6.92 Å². The Morgan fingerprint density at radius 3 is 2.43 bits per heavy atom. The Bertz CT molecular complexity index is 605. The molecule has 1 aromatic heterocycles. The smallest absolute Gasteiger partial charge is 0.237 e. The Morgan fingerprint density at radius 2 is 1.90 bits per heavy atom. The SMILES string of the molecule is Cc1csc(S[C@@H](C)C(=O)Nc2ccc(C(C)C)cc2)n1. The van der Waals surface area contributed by atoms with Gasteiger partial charge in [0.1, 0.15) is 0 Å². The second-order valence-corrected chi connectivity index (χ2v) is 7.73. The molecule has 112 valence electrons. The number of aromatic nitrogens is 1. The molecule has 0 bridgehead atoms. The van der Waals surface area contributed by atoms with Crippen molar-refractivity contribution in [2.24, 2.45) is 0 Å². The molecule has 0 saturated carbocycles. The molecule has 1 aromatic carbocycles. The molecule has 3 nitrogen and oxygen atoms in total. The minimum atomic E-state index is -0.166. The normalized spacial score (nSPS) is 12.4. The highest BCUT2D eigenvalue weighted by Gasteiger charge is 2.16. The van der Waals surface area contributed by atoms with E-state index in [4.69, 9.17) is 0 Å². The molecule has 1 atom stereocenters. The van der Waals surface area contributed by atoms with E-state index in [2.05, 4.69) is 36.3 Å². The van der Waals surface area contributed by atoms with Crippen molar-refractivity contribution in [1.82, 2.24) is 4.98 Å². The number of aryl methyl sites for hydroxylation is 1. The molecule has 5 heteroatoms. The minimum Gasteiger partial charge on any atom is -0.325 e. The lowest BCUT2D eigenvalue weighted by atomic mass is 10.0. The van der Waals surface area contributed by atoms with E-state index in [1.165, 1.54) is 17.3 Å². The molecule has 2 rings (SSSR count). The van der Waals surface area contributed by atoms with E-state index in [1.807, 2.05) is 31.4 Å². The summed E-state index contributed by atoms with van der Waals surface area (Å²) in [5.74, 6) is 0.502. The van der Waals surface area contributed by atoms with Gasteiger partial charge in [-0.3, -0.25) is 4.79 Å². The summed E-state index contributed by atoms with van der Waals surface area (Å²) in [6.45, 7) is 8.17. The number of anilines is 1. The lowest BCUT2D eigenvalue weighted by Gasteiger charge is -2.11. The highest BCUT2D eigenvalue weighted by molar-refractivity contribution is 8.02. The van der Waals surface area contributed by atoms with Crippen LogP contribution in [-0.2, 0) is 4.79 Å². The summed E-state index contributed by atoms with van der Waals surface area (Å²) in [4.78, 5) is 16.6. The van der Waals surface area contributed by atoms with Gasteiger partial charge in [0, 0.05) is 16.8 Å². The predicted octanol–water partition coefficient (Wildman–Crippen LogP) is 4.69. The van der Waals surface area contributed by atoms with Gasteiger partial charge in [0.05, 0.1) is 5.25 Å². The fourth-order valence-corrected chi connectivity index (χ4v) is 3.77. The molecule has 1 N–H and O–H groups in total. The van der Waals surface area contributed by atoms with E-state index in [0.717, 1.165) is 15.7 Å². The fraction of sp³-hybridized carbons (Fsp3) is 0.375. The zero-order chi connectivity index (χ0) is 15.4. The lowest BCUT2D eigenvalue weighted by Crippen LogP contribution is -2.22. The fourth-order valence-electron chi connectivity index (χ4n) is 1.79. The van der Waals surface area contributed by atoms with Crippen LogP contribution in [0.2, 0.25) is 0 Å². The van der Waals surface area contributed by atoms with Gasteiger partial charge in [-0.15, -0.1) is 11.3 Å². The zero-order valence-electron chi connectivity index (χ0n) is 12.7. The first-order chi connectivity index (χ1) is 9.95. The molecule has 0 spiro atoms. The van der Waals surface area contributed by atoms with Crippen molar-refractivity contribution < 1.29 is 4.79 Å². The van der Waals surface area contributed by atoms with Crippen LogP contribution >= 0.6 is 23.1 Å². The minimum absolute atomic E-state index is 0.00477. The molecule has 0 aliphatic rings. The average Bonchev–Trinajstić information content (AvgIpc) is 2.84. The van der Waals surface area contributed by atoms with E-state index in [1.54, 1.807) is 11.3 Å². The number of rotatable bonds is 5. The molecule has 1 heterocycles. The van der Waals surface area contributed by atoms with Gasteiger partial charge in [-0.2, -0.15) is 0 Å². The van der Waals surface area contributed by atoms with Gasteiger partial charge in [0.2, 0.25) is 5.91 Å². The standard InChI is InChI=1S/C16H20N2OS2/c1-10(2)13-5-7-14(8-6-13)18-15(19)12(4)21-16-17-11(3)9-20-16/h5-10,12H,1-4H3,(H,18,19)/t12-/m0/s1. The molecule has 1 amide bonds. The van der Waals surface area contributed by atoms with E-state index < -0.39 is 0 Å². The Morgan fingerprint density at radius 1 is 1.24 bits per heavy atom. The second-order valence-electron chi connectivity index (χ2n) is 5.28. The van der Waals surface area contributed by atoms with Crippen LogP contribution in [0.3, 0.4) is 0 Å². The van der Waals surface area contributed by atoms with Gasteiger partial charge >= 0.3 is 0 Å². The maximum absolute atomic E-state index is 12.2. The molecule has 0 radical (unpaired) electrons. The summed E-state index contributed by atoms with van der Waals surface area (Å²) in [6.07, 6.45) is 0. The number of benzene rings is 1. The van der Waals surface area contributed by atoms with Crippen molar-refractivity contribution in [2.75, 3.05) is 5.32 Å². The predicted molar refractivity (Wildman–Crippen MR) is 91.3 cm³/mol. The van der Waals surface area contributed by atoms with Gasteiger partial charge in [0.15, 0.2) is 4.34 Å². The first-order valence-corrected chi connectivity index (χ1v) is 8.71. The van der Waals surface area contributed by atoms with Crippen molar-refractivity contribution in [3.05, 3.63) is 40.9 Å². The van der Waals surface area contributed by atoms with Crippen molar-refractivity contribution in [3.8, 4) is 0 Å². The summed E-state index contributed by atoms with van der Waals surface area (Å²) in [5, 5.41) is 4.78. The van der Waals surface area contributed by atoms with Crippen molar-refractivity contribution in [3.63, 3.8) is 0 Å². The van der Waals surface area contributed by atoms with Gasteiger partial charge in [0.25, 0.3) is 0 Å². The van der Waals surface area contributed by atoms with Crippen molar-refractivity contribution in [1.29, 1.82) is 0 Å². The van der Waals surface area contributed by atoms with Crippen molar-refractivity contribution in [2.45, 2.75) is 43.2 Å². The number of nitrogens with one attached hydrogen (secondary N) is 1. The second kappa shape index (κ2) is 7.09. The molecule has 0 aliphatic carbocycles. The number of thioether (sulfide) groups is 1. The summed E-state index contributed by atoms with van der Waals surface area (Å²) in [6, 6.07) is 8.03. The first-order valence-electron chi connectivity index (χ1n) is 6.95. The van der Waals surface area contributed by atoms with Crippen LogP contribution in [-0.4, -0.2) is 16.1 Å². The van der Waals surface area contributed by atoms with Crippen LogP contribution < -0.4 is 5.32 Å². The highest BCUT2D eigenvalue weighted by atomic mass is 32.2. The van der Waals surface area contributed by atoms with Crippen molar-refractivity contribution >= 4 is 34.7 Å². The van der Waals surface area contributed by atoms with Gasteiger partial charge in [-0.05, 0) is 37.5 Å². The maximum atomic E-state index is 12.2. The van der Waals surface area contributed by atoms with E-state index in [9.17, 15) is 4.79 Å². The quantitative estimate of drug-likeness (QED) is 0.812. The Labute approximate surface area is 134 Å². The zero-order valence-corrected chi connectivity index (χ0v) is 14.3. The number of carbonyl (C=O) groups is 1.